The Bertz CT molecular complexity index is 538. The van der Waals surface area contributed by atoms with Crippen molar-refractivity contribution in [2.75, 3.05) is 13.2 Å². The van der Waals surface area contributed by atoms with Gasteiger partial charge in [0, 0.05) is 0 Å². The summed E-state index contributed by atoms with van der Waals surface area (Å²) in [5.74, 6) is -2.18. The van der Waals surface area contributed by atoms with Crippen LogP contribution in [-0.2, 0) is 23.7 Å². The van der Waals surface area contributed by atoms with Crippen LogP contribution in [0.25, 0.3) is 0 Å². The molecule has 158 valence electrons. The highest BCUT2D eigenvalue weighted by molar-refractivity contribution is 5.83. The van der Waals surface area contributed by atoms with E-state index in [1.807, 2.05) is 0 Å². The molecular formula is C17H30F2N2O6. The van der Waals surface area contributed by atoms with E-state index in [9.17, 15) is 18.4 Å². The summed E-state index contributed by atoms with van der Waals surface area (Å²) < 4.78 is 48.2. The molecule has 1 heterocycles. The first-order valence-electron chi connectivity index (χ1n) is 8.76. The number of alkyl carbamates (subject to hydrolysis) is 1. The Morgan fingerprint density at radius 1 is 1.33 bits per heavy atom. The molecule has 1 saturated heterocycles. The van der Waals surface area contributed by atoms with E-state index in [2.05, 4.69) is 5.32 Å². The molecule has 1 aliphatic rings. The number of hydrogen-bond acceptors (Lipinski definition) is 7. The second-order valence-electron chi connectivity index (χ2n) is 7.89. The number of rotatable bonds is 7. The first-order chi connectivity index (χ1) is 12.2. The van der Waals surface area contributed by atoms with E-state index in [1.165, 1.54) is 6.92 Å². The zero-order valence-electron chi connectivity index (χ0n) is 16.6. The Kier molecular flexibility index (Phi) is 7.54. The molecule has 0 aromatic heterocycles. The van der Waals surface area contributed by atoms with E-state index in [0.29, 0.717) is 0 Å². The highest BCUT2D eigenvalue weighted by atomic mass is 19.3. The van der Waals surface area contributed by atoms with Gasteiger partial charge in [0.1, 0.15) is 18.3 Å². The number of carbonyl (C=O) groups is 2. The van der Waals surface area contributed by atoms with Crippen molar-refractivity contribution >= 4 is 12.1 Å². The predicted octanol–water partition coefficient (Wildman–Crippen LogP) is 1.95. The largest absolute Gasteiger partial charge is 0.461 e. The number of esters is 1. The number of nitrogens with two attached hydrogens (primary N) is 1. The fourth-order valence-corrected chi connectivity index (χ4v) is 2.53. The number of hydrogen-bond donors (Lipinski definition) is 2. The number of alkyl halides is 2. The van der Waals surface area contributed by atoms with E-state index >= 15 is 0 Å². The second kappa shape index (κ2) is 8.66. The molecule has 1 rings (SSSR count). The van der Waals surface area contributed by atoms with Gasteiger partial charge in [0.15, 0.2) is 11.3 Å². The zero-order valence-corrected chi connectivity index (χ0v) is 16.6. The summed E-state index contributed by atoms with van der Waals surface area (Å²) in [4.78, 5) is 24.3. The monoisotopic (exact) mass is 396 g/mol. The van der Waals surface area contributed by atoms with Gasteiger partial charge in [0.25, 0.3) is 6.43 Å². The predicted molar refractivity (Wildman–Crippen MR) is 92.2 cm³/mol. The summed E-state index contributed by atoms with van der Waals surface area (Å²) in [6.45, 7) is 9.59. The minimum Gasteiger partial charge on any atom is -0.461 e. The minimum atomic E-state index is -3.28. The van der Waals surface area contributed by atoms with Crippen LogP contribution in [0.15, 0.2) is 0 Å². The van der Waals surface area contributed by atoms with Gasteiger partial charge in [-0.3, -0.25) is 0 Å². The molecule has 0 aliphatic carbocycles. The van der Waals surface area contributed by atoms with Crippen LogP contribution in [0.2, 0.25) is 0 Å². The second-order valence-corrected chi connectivity index (χ2v) is 7.89. The third kappa shape index (κ3) is 6.54. The fraction of sp³-hybridized carbons (Fsp3) is 0.882. The number of carbonyl (C=O) groups excluding carboxylic acids is 2. The average molecular weight is 396 g/mol. The van der Waals surface area contributed by atoms with E-state index in [1.54, 1.807) is 34.6 Å². The van der Waals surface area contributed by atoms with Crippen LogP contribution >= 0.6 is 0 Å². The molecule has 0 spiro atoms. The van der Waals surface area contributed by atoms with Crippen molar-refractivity contribution in [3.05, 3.63) is 0 Å². The van der Waals surface area contributed by atoms with Crippen LogP contribution in [0.4, 0.5) is 13.6 Å². The van der Waals surface area contributed by atoms with Crippen molar-refractivity contribution in [2.45, 2.75) is 83.5 Å². The van der Waals surface area contributed by atoms with Crippen molar-refractivity contribution < 1.29 is 37.3 Å². The lowest BCUT2D eigenvalue weighted by molar-refractivity contribution is -0.168. The lowest BCUT2D eigenvalue weighted by Gasteiger charge is -2.35. The van der Waals surface area contributed by atoms with Crippen LogP contribution in [-0.4, -0.2) is 60.8 Å². The normalized spacial score (nSPS) is 22.8. The van der Waals surface area contributed by atoms with Gasteiger partial charge in [0.2, 0.25) is 0 Å². The number of amides is 1. The molecule has 8 nitrogen and oxygen atoms in total. The summed E-state index contributed by atoms with van der Waals surface area (Å²) in [5.41, 5.74) is 2.15. The Morgan fingerprint density at radius 3 is 2.33 bits per heavy atom. The quantitative estimate of drug-likeness (QED) is 0.633. The van der Waals surface area contributed by atoms with Gasteiger partial charge < -0.3 is 30.0 Å². The third-order valence-corrected chi connectivity index (χ3v) is 3.86. The molecule has 1 fully saturated rings. The lowest BCUT2D eigenvalue weighted by Crippen LogP contribution is -2.68. The van der Waals surface area contributed by atoms with Gasteiger partial charge in [-0.15, -0.1) is 0 Å². The number of ether oxygens (including phenoxy) is 4. The van der Waals surface area contributed by atoms with E-state index in [-0.39, 0.29) is 19.6 Å². The van der Waals surface area contributed by atoms with E-state index < -0.39 is 47.6 Å². The van der Waals surface area contributed by atoms with Crippen LogP contribution < -0.4 is 11.1 Å². The number of nitrogens with one attached hydrogen (secondary N) is 1. The molecule has 0 bridgehead atoms. The number of halogens is 2. The van der Waals surface area contributed by atoms with Crippen molar-refractivity contribution in [1.82, 2.24) is 5.32 Å². The van der Waals surface area contributed by atoms with Crippen LogP contribution in [0.3, 0.4) is 0 Å². The summed E-state index contributed by atoms with van der Waals surface area (Å²) in [7, 11) is 0. The SMILES string of the molecule is CCC(NC(=O)OC(C)(C)C)C(N)(C(=O)OCC1COC(C)(C)O1)C(F)F. The van der Waals surface area contributed by atoms with Gasteiger partial charge in [-0.2, -0.15) is 0 Å². The maximum absolute atomic E-state index is 13.7. The van der Waals surface area contributed by atoms with Crippen LogP contribution in [0.1, 0.15) is 48.0 Å². The molecule has 3 N–H and O–H groups in total. The Hall–Kier alpha value is -1.52. The Balaban J connectivity index is 2.81. The van der Waals surface area contributed by atoms with Crippen molar-refractivity contribution in [2.24, 2.45) is 5.73 Å². The van der Waals surface area contributed by atoms with Gasteiger partial charge >= 0.3 is 12.1 Å². The molecule has 0 aromatic carbocycles. The minimum absolute atomic E-state index is 0.0365. The van der Waals surface area contributed by atoms with Gasteiger partial charge in [-0.05, 0) is 41.0 Å². The molecule has 3 unspecified atom stereocenters. The molecule has 1 aliphatic heterocycles. The Morgan fingerprint density at radius 2 is 1.93 bits per heavy atom. The maximum Gasteiger partial charge on any atom is 0.407 e. The zero-order chi connectivity index (χ0) is 21.0. The fourth-order valence-electron chi connectivity index (χ4n) is 2.53. The standard InChI is InChI=1S/C17H30F2N2O6/c1-7-11(21-14(23)27-15(2,3)4)17(20,12(18)19)13(22)24-8-10-9-25-16(5,6)26-10/h10-12H,7-9,20H2,1-6H3,(H,21,23). The molecule has 3 atom stereocenters. The average Bonchev–Trinajstić information content (AvgIpc) is 2.86. The summed E-state index contributed by atoms with van der Waals surface area (Å²) in [5, 5.41) is 2.24. The molecule has 1 amide bonds. The molecule has 27 heavy (non-hydrogen) atoms. The van der Waals surface area contributed by atoms with Crippen molar-refractivity contribution in [3.8, 4) is 0 Å². The molecule has 0 radical (unpaired) electrons. The highest BCUT2D eigenvalue weighted by Gasteiger charge is 2.52. The van der Waals surface area contributed by atoms with E-state index in [0.717, 1.165) is 0 Å². The summed E-state index contributed by atoms with van der Waals surface area (Å²) in [6.07, 6.45) is -4.86. The van der Waals surface area contributed by atoms with Crippen LogP contribution in [0, 0.1) is 0 Å². The molecule has 10 heteroatoms. The molecule has 0 aromatic rings. The Labute approximate surface area is 158 Å². The van der Waals surface area contributed by atoms with E-state index in [4.69, 9.17) is 24.7 Å². The van der Waals surface area contributed by atoms with Gasteiger partial charge in [0.05, 0.1) is 12.6 Å². The summed E-state index contributed by atoms with van der Waals surface area (Å²) >= 11 is 0. The lowest BCUT2D eigenvalue weighted by atomic mass is 9.89. The van der Waals surface area contributed by atoms with Crippen LogP contribution in [0.5, 0.6) is 0 Å². The van der Waals surface area contributed by atoms with Crippen molar-refractivity contribution in [1.29, 1.82) is 0 Å². The van der Waals surface area contributed by atoms with Crippen molar-refractivity contribution in [3.63, 3.8) is 0 Å². The summed E-state index contributed by atoms with van der Waals surface area (Å²) in [6, 6.07) is -1.39. The molecular weight excluding hydrogens is 366 g/mol. The van der Waals surface area contributed by atoms with Gasteiger partial charge in [-0.1, -0.05) is 6.92 Å². The third-order valence-electron chi connectivity index (χ3n) is 3.86. The molecule has 0 saturated carbocycles. The van der Waals surface area contributed by atoms with Gasteiger partial charge in [-0.25, -0.2) is 18.4 Å². The first-order valence-corrected chi connectivity index (χ1v) is 8.76. The first kappa shape index (κ1) is 23.5. The smallest absolute Gasteiger partial charge is 0.407 e. The topological polar surface area (TPSA) is 109 Å². The highest BCUT2D eigenvalue weighted by Crippen LogP contribution is 2.25. The maximum atomic E-state index is 13.7.